The standard InChI is InChI=1S/C22H30Cl2N10.C4H6O2.2ClH/c23-15-5-9-17(10-6-15)31-21(27)33-19(25)29-13-3-1-2-4-14-30-20(26)34-22(28)32-18-11-7-16(24)8-12-18;1-3(2)4(5)6;;/h5-12H,1-4,13-14H2,(H5,25,27,29,31,33)(H5,26,28,30,32,34);1H2,2H3,(H,5,6);2*1H. The van der Waals surface area contributed by atoms with Crippen molar-refractivity contribution in [2.24, 2.45) is 42.9 Å². The van der Waals surface area contributed by atoms with Gasteiger partial charge in [0.15, 0.2) is 0 Å². The van der Waals surface area contributed by atoms with Gasteiger partial charge < -0.3 is 38.7 Å². The number of aliphatic imine (C=N–C) groups is 4. The summed E-state index contributed by atoms with van der Waals surface area (Å²) < 4.78 is 0. The van der Waals surface area contributed by atoms with E-state index in [0.717, 1.165) is 37.1 Å². The molecule has 11 N–H and O–H groups in total. The van der Waals surface area contributed by atoms with E-state index in [-0.39, 0.29) is 54.2 Å². The molecular weight excluding hydrogens is 626 g/mol. The Hall–Kier alpha value is -3.71. The Kier molecular flexibility index (Phi) is 22.1. The van der Waals surface area contributed by atoms with Crippen LogP contribution in [0.4, 0.5) is 11.4 Å². The third-order valence-electron chi connectivity index (χ3n) is 4.68. The van der Waals surface area contributed by atoms with E-state index >= 15 is 0 Å². The van der Waals surface area contributed by atoms with Gasteiger partial charge in [0.2, 0.25) is 23.8 Å². The van der Waals surface area contributed by atoms with Gasteiger partial charge in [0.05, 0.1) is 0 Å². The number of rotatable bonds is 10. The number of halogens is 4. The summed E-state index contributed by atoms with van der Waals surface area (Å²) in [6.07, 6.45) is 3.68. The fourth-order valence-corrected chi connectivity index (χ4v) is 2.95. The molecule has 0 aliphatic carbocycles. The van der Waals surface area contributed by atoms with Gasteiger partial charge in [-0.2, -0.15) is 9.98 Å². The lowest BCUT2D eigenvalue weighted by Gasteiger charge is -2.05. The SMILES string of the molecule is C=C(C)C(=O)O.Cl.Cl.NC(=NCCCCCCN=C(N)N=C(N)Nc1ccc(Cl)cc1)N=C(N)Nc1ccc(Cl)cc1. The molecule has 2 aromatic carbocycles. The lowest BCUT2D eigenvalue weighted by molar-refractivity contribution is -0.132. The fraction of sp³-hybridized carbons (Fsp3) is 0.269. The van der Waals surface area contributed by atoms with E-state index in [2.05, 4.69) is 37.2 Å². The number of aliphatic carboxylic acids is 1. The first-order valence-corrected chi connectivity index (χ1v) is 12.9. The van der Waals surface area contributed by atoms with Crippen LogP contribution in [0, 0.1) is 0 Å². The van der Waals surface area contributed by atoms with Crippen LogP contribution in [0.2, 0.25) is 10.0 Å². The molecule has 0 bridgehead atoms. The Bertz CT molecular complexity index is 1120. The van der Waals surface area contributed by atoms with Gasteiger partial charge in [0.25, 0.3) is 0 Å². The molecule has 2 aromatic rings. The summed E-state index contributed by atoms with van der Waals surface area (Å²) in [5.41, 5.74) is 24.9. The van der Waals surface area contributed by atoms with Gasteiger partial charge >= 0.3 is 5.97 Å². The van der Waals surface area contributed by atoms with Gasteiger partial charge in [-0.05, 0) is 68.3 Å². The summed E-state index contributed by atoms with van der Waals surface area (Å²) in [5, 5.41) is 15.0. The van der Waals surface area contributed by atoms with Crippen LogP contribution < -0.4 is 33.6 Å². The maximum absolute atomic E-state index is 9.60. The maximum atomic E-state index is 9.60. The van der Waals surface area contributed by atoms with Crippen LogP contribution in [0.25, 0.3) is 0 Å². The van der Waals surface area contributed by atoms with Crippen molar-refractivity contribution in [3.8, 4) is 0 Å². The highest BCUT2D eigenvalue weighted by atomic mass is 35.5. The third kappa shape index (κ3) is 20.2. The molecule has 0 amide bonds. The van der Waals surface area contributed by atoms with Gasteiger partial charge in [-0.3, -0.25) is 9.98 Å². The average Bonchev–Trinajstić information content (AvgIpc) is 2.88. The van der Waals surface area contributed by atoms with Crippen LogP contribution in [0.15, 0.2) is 80.7 Å². The van der Waals surface area contributed by atoms with Gasteiger partial charge in [0.1, 0.15) is 0 Å². The number of carboxylic acids is 1. The Labute approximate surface area is 268 Å². The largest absolute Gasteiger partial charge is 0.478 e. The highest BCUT2D eigenvalue weighted by Crippen LogP contribution is 2.13. The van der Waals surface area contributed by atoms with E-state index in [9.17, 15) is 4.79 Å². The van der Waals surface area contributed by atoms with Crippen molar-refractivity contribution in [1.82, 2.24) is 0 Å². The minimum absolute atomic E-state index is 0. The Morgan fingerprint density at radius 3 is 1.33 bits per heavy atom. The van der Waals surface area contributed by atoms with Crippen molar-refractivity contribution in [3.05, 3.63) is 70.7 Å². The molecule has 0 aromatic heterocycles. The van der Waals surface area contributed by atoms with Crippen LogP contribution in [0.3, 0.4) is 0 Å². The number of anilines is 2. The molecule has 0 spiro atoms. The van der Waals surface area contributed by atoms with Gasteiger partial charge in [-0.1, -0.05) is 42.6 Å². The maximum Gasteiger partial charge on any atom is 0.330 e. The quantitative estimate of drug-likeness (QED) is 0.0807. The normalized spacial score (nSPS) is 11.7. The minimum Gasteiger partial charge on any atom is -0.478 e. The zero-order valence-corrected chi connectivity index (χ0v) is 26.2. The molecule has 0 unspecified atom stereocenters. The number of hydrogen-bond donors (Lipinski definition) is 7. The van der Waals surface area contributed by atoms with Crippen LogP contribution in [-0.4, -0.2) is 48.0 Å². The summed E-state index contributed by atoms with van der Waals surface area (Å²) in [6.45, 7) is 5.73. The van der Waals surface area contributed by atoms with Crippen molar-refractivity contribution in [3.63, 3.8) is 0 Å². The second-order valence-corrected chi connectivity index (χ2v) is 9.11. The lowest BCUT2D eigenvalue weighted by atomic mass is 10.2. The molecule has 0 atom stereocenters. The predicted octanol–water partition coefficient (Wildman–Crippen LogP) is 4.83. The van der Waals surface area contributed by atoms with E-state index < -0.39 is 5.97 Å². The molecular formula is C26H38Cl4N10O2. The summed E-state index contributed by atoms with van der Waals surface area (Å²) in [4.78, 5) is 26.1. The third-order valence-corrected chi connectivity index (χ3v) is 5.19. The number of hydrogen-bond acceptors (Lipinski definition) is 3. The zero-order valence-electron chi connectivity index (χ0n) is 23.1. The molecule has 232 valence electrons. The molecule has 0 radical (unpaired) electrons. The monoisotopic (exact) mass is 662 g/mol. The van der Waals surface area contributed by atoms with Crippen LogP contribution >= 0.6 is 48.0 Å². The van der Waals surface area contributed by atoms with E-state index in [4.69, 9.17) is 51.2 Å². The van der Waals surface area contributed by atoms with E-state index in [1.54, 1.807) is 48.5 Å². The first kappa shape index (κ1) is 40.4. The molecule has 0 fully saturated rings. The van der Waals surface area contributed by atoms with E-state index in [0.29, 0.717) is 23.1 Å². The second kappa shape index (κ2) is 22.9. The summed E-state index contributed by atoms with van der Waals surface area (Å²) >= 11 is 11.7. The highest BCUT2D eigenvalue weighted by Gasteiger charge is 1.99. The van der Waals surface area contributed by atoms with E-state index in [1.807, 2.05) is 0 Å². The van der Waals surface area contributed by atoms with Crippen LogP contribution in [0.5, 0.6) is 0 Å². The molecule has 16 heteroatoms. The summed E-state index contributed by atoms with van der Waals surface area (Å²) in [6, 6.07) is 14.1. The number of guanidine groups is 4. The number of carboxylic acid groups (broad SMARTS) is 1. The topological polar surface area (TPSA) is 215 Å². The van der Waals surface area contributed by atoms with Crippen molar-refractivity contribution in [2.75, 3.05) is 23.7 Å². The Morgan fingerprint density at radius 1 is 0.738 bits per heavy atom. The number of nitrogens with zero attached hydrogens (tertiary/aromatic N) is 4. The number of unbranched alkanes of at least 4 members (excludes halogenated alkanes) is 3. The van der Waals surface area contributed by atoms with E-state index in [1.165, 1.54) is 6.92 Å². The van der Waals surface area contributed by atoms with Crippen molar-refractivity contribution in [2.45, 2.75) is 32.6 Å². The van der Waals surface area contributed by atoms with Crippen molar-refractivity contribution in [1.29, 1.82) is 0 Å². The number of nitrogens with one attached hydrogen (secondary N) is 2. The first-order valence-electron chi connectivity index (χ1n) is 12.2. The van der Waals surface area contributed by atoms with Crippen molar-refractivity contribution < 1.29 is 9.90 Å². The molecule has 0 aliphatic heterocycles. The van der Waals surface area contributed by atoms with Gasteiger partial charge in [-0.15, -0.1) is 24.8 Å². The molecule has 0 aliphatic rings. The summed E-state index contributed by atoms with van der Waals surface area (Å²) in [7, 11) is 0. The summed E-state index contributed by atoms with van der Waals surface area (Å²) in [5.74, 6) is -0.371. The minimum atomic E-state index is -0.935. The number of nitrogens with two attached hydrogens (primary N) is 4. The smallest absolute Gasteiger partial charge is 0.330 e. The van der Waals surface area contributed by atoms with Crippen molar-refractivity contribution >= 4 is 89.2 Å². The average molecular weight is 664 g/mol. The number of benzene rings is 2. The Morgan fingerprint density at radius 2 is 1.05 bits per heavy atom. The zero-order chi connectivity index (χ0) is 29.9. The molecule has 12 nitrogen and oxygen atoms in total. The molecule has 2 rings (SSSR count). The molecule has 0 saturated carbocycles. The lowest BCUT2D eigenvalue weighted by Crippen LogP contribution is -2.26. The van der Waals surface area contributed by atoms with Crippen LogP contribution in [-0.2, 0) is 4.79 Å². The van der Waals surface area contributed by atoms with Gasteiger partial charge in [0, 0.05) is 40.1 Å². The van der Waals surface area contributed by atoms with Crippen LogP contribution in [0.1, 0.15) is 32.6 Å². The first-order chi connectivity index (χ1) is 19.0. The molecule has 0 saturated heterocycles. The molecule has 42 heavy (non-hydrogen) atoms. The van der Waals surface area contributed by atoms with Gasteiger partial charge in [-0.25, -0.2) is 4.79 Å². The predicted molar refractivity (Wildman–Crippen MR) is 182 cm³/mol. The number of carbonyl (C=O) groups is 1. The molecule has 0 heterocycles. The Balaban J connectivity index is 0. The highest BCUT2D eigenvalue weighted by molar-refractivity contribution is 6.31. The fourth-order valence-electron chi connectivity index (χ4n) is 2.70. The second-order valence-electron chi connectivity index (χ2n) is 8.24.